The van der Waals surface area contributed by atoms with Crippen molar-refractivity contribution < 1.29 is 5.11 Å². The van der Waals surface area contributed by atoms with Crippen molar-refractivity contribution in [2.45, 2.75) is 19.5 Å². The van der Waals surface area contributed by atoms with Crippen LogP contribution in [-0.4, -0.2) is 16.6 Å². The van der Waals surface area contributed by atoms with Gasteiger partial charge in [-0.3, -0.25) is 4.90 Å². The van der Waals surface area contributed by atoms with Gasteiger partial charge in [0.2, 0.25) is 0 Å². The highest BCUT2D eigenvalue weighted by atomic mass is 32.1. The molecule has 0 radical (unpaired) electrons. The number of benzene rings is 1. The van der Waals surface area contributed by atoms with Crippen LogP contribution in [0, 0.1) is 0 Å². The number of aromatic hydroxyl groups is 1. The van der Waals surface area contributed by atoms with Crippen molar-refractivity contribution in [3.05, 3.63) is 51.7 Å². The Balaban J connectivity index is 1.74. The van der Waals surface area contributed by atoms with E-state index in [1.807, 2.05) is 23.5 Å². The topological polar surface area (TPSA) is 23.5 Å². The molecule has 1 aromatic carbocycles. The van der Waals surface area contributed by atoms with Crippen molar-refractivity contribution in [3.8, 4) is 5.75 Å². The van der Waals surface area contributed by atoms with Gasteiger partial charge in [0.15, 0.2) is 0 Å². The molecule has 2 aromatic rings. The van der Waals surface area contributed by atoms with Gasteiger partial charge in [0.25, 0.3) is 0 Å². The van der Waals surface area contributed by atoms with Crippen molar-refractivity contribution in [1.82, 2.24) is 4.90 Å². The zero-order chi connectivity index (χ0) is 11.7. The fraction of sp³-hybridized carbons (Fsp3) is 0.286. The summed E-state index contributed by atoms with van der Waals surface area (Å²) in [4.78, 5) is 3.89. The minimum absolute atomic E-state index is 0.385. The van der Waals surface area contributed by atoms with E-state index in [-0.39, 0.29) is 0 Å². The molecular weight excluding hydrogens is 230 g/mol. The number of fused-ring (bicyclic) bond motifs is 1. The standard InChI is InChI=1S/C14H15NOS/c16-13-4-3-12-9-15(6-5-11(12)8-13)10-14-2-1-7-17-14/h1-4,7-8,16H,5-6,9-10H2. The van der Waals surface area contributed by atoms with E-state index in [0.717, 1.165) is 26.1 Å². The van der Waals surface area contributed by atoms with Gasteiger partial charge in [-0.15, -0.1) is 11.3 Å². The fourth-order valence-corrected chi connectivity index (χ4v) is 3.10. The van der Waals surface area contributed by atoms with Crippen molar-refractivity contribution in [1.29, 1.82) is 0 Å². The summed E-state index contributed by atoms with van der Waals surface area (Å²) >= 11 is 1.82. The molecule has 1 aliphatic heterocycles. The molecule has 0 saturated carbocycles. The van der Waals surface area contributed by atoms with Gasteiger partial charge in [-0.05, 0) is 41.1 Å². The quantitative estimate of drug-likeness (QED) is 0.879. The molecule has 0 atom stereocenters. The molecule has 2 nitrogen and oxygen atoms in total. The lowest BCUT2D eigenvalue weighted by molar-refractivity contribution is 0.247. The lowest BCUT2D eigenvalue weighted by Gasteiger charge is -2.28. The molecule has 0 bridgehead atoms. The number of hydrogen-bond donors (Lipinski definition) is 1. The summed E-state index contributed by atoms with van der Waals surface area (Å²) in [7, 11) is 0. The molecule has 3 heteroatoms. The van der Waals surface area contributed by atoms with Crippen LogP contribution in [0.3, 0.4) is 0 Å². The first-order valence-corrected chi connectivity index (χ1v) is 6.75. The summed E-state index contributed by atoms with van der Waals surface area (Å²) in [6.07, 6.45) is 1.04. The lowest BCUT2D eigenvalue weighted by Crippen LogP contribution is -2.29. The Labute approximate surface area is 105 Å². The first-order chi connectivity index (χ1) is 8.31. The first-order valence-electron chi connectivity index (χ1n) is 5.87. The monoisotopic (exact) mass is 245 g/mol. The number of phenolic OH excluding ortho intramolecular Hbond substituents is 1. The molecule has 88 valence electrons. The van der Waals surface area contributed by atoms with Crippen molar-refractivity contribution in [2.24, 2.45) is 0 Å². The number of phenols is 1. The molecule has 0 saturated heterocycles. The van der Waals surface area contributed by atoms with Gasteiger partial charge < -0.3 is 5.11 Å². The smallest absolute Gasteiger partial charge is 0.115 e. The Morgan fingerprint density at radius 1 is 1.24 bits per heavy atom. The van der Waals surface area contributed by atoms with E-state index in [1.54, 1.807) is 6.07 Å². The maximum atomic E-state index is 9.45. The molecule has 0 fully saturated rings. The van der Waals surface area contributed by atoms with E-state index in [1.165, 1.54) is 16.0 Å². The number of hydrogen-bond acceptors (Lipinski definition) is 3. The number of thiophene rings is 1. The van der Waals surface area contributed by atoms with Gasteiger partial charge >= 0.3 is 0 Å². The summed E-state index contributed by atoms with van der Waals surface area (Å²) in [5.41, 5.74) is 2.65. The average molecular weight is 245 g/mol. The van der Waals surface area contributed by atoms with Gasteiger partial charge in [0, 0.05) is 24.5 Å². The number of rotatable bonds is 2. The molecule has 0 unspecified atom stereocenters. The van der Waals surface area contributed by atoms with Crippen LogP contribution in [-0.2, 0) is 19.5 Å². The van der Waals surface area contributed by atoms with E-state index >= 15 is 0 Å². The van der Waals surface area contributed by atoms with Crippen molar-refractivity contribution in [2.75, 3.05) is 6.54 Å². The Hall–Kier alpha value is -1.32. The third-order valence-electron chi connectivity index (χ3n) is 3.24. The predicted octanol–water partition coefficient (Wildman–Crippen LogP) is 3.01. The minimum Gasteiger partial charge on any atom is -0.508 e. The van der Waals surface area contributed by atoms with Gasteiger partial charge in [0.1, 0.15) is 5.75 Å². The second-order valence-electron chi connectivity index (χ2n) is 4.49. The molecule has 0 aliphatic carbocycles. The van der Waals surface area contributed by atoms with Gasteiger partial charge in [-0.25, -0.2) is 0 Å². The molecular formula is C14H15NOS. The van der Waals surface area contributed by atoms with E-state index in [4.69, 9.17) is 0 Å². The summed E-state index contributed by atoms with van der Waals surface area (Å²) in [6, 6.07) is 10.0. The van der Waals surface area contributed by atoms with Gasteiger partial charge in [0.05, 0.1) is 0 Å². The van der Waals surface area contributed by atoms with E-state index in [2.05, 4.69) is 22.4 Å². The normalized spacial score (nSPS) is 15.8. The van der Waals surface area contributed by atoms with Gasteiger partial charge in [-0.1, -0.05) is 12.1 Å². The van der Waals surface area contributed by atoms with Crippen LogP contribution in [0.25, 0.3) is 0 Å². The molecule has 2 heterocycles. The van der Waals surface area contributed by atoms with E-state index in [9.17, 15) is 5.11 Å². The van der Waals surface area contributed by atoms with Crippen LogP contribution in [0.1, 0.15) is 16.0 Å². The van der Waals surface area contributed by atoms with Crippen LogP contribution in [0.15, 0.2) is 35.7 Å². The highest BCUT2D eigenvalue weighted by Gasteiger charge is 2.16. The van der Waals surface area contributed by atoms with Gasteiger partial charge in [-0.2, -0.15) is 0 Å². The van der Waals surface area contributed by atoms with Crippen LogP contribution in [0.4, 0.5) is 0 Å². The van der Waals surface area contributed by atoms with E-state index in [0.29, 0.717) is 5.75 Å². The second kappa shape index (κ2) is 4.51. The molecule has 0 amide bonds. The summed E-state index contributed by atoms with van der Waals surface area (Å²) in [5, 5.41) is 11.6. The maximum absolute atomic E-state index is 9.45. The SMILES string of the molecule is Oc1ccc2c(c1)CCN(Cc1cccs1)C2. The largest absolute Gasteiger partial charge is 0.508 e. The molecule has 17 heavy (non-hydrogen) atoms. The summed E-state index contributed by atoms with van der Waals surface area (Å²) in [5.74, 6) is 0.385. The molecule has 1 aliphatic rings. The second-order valence-corrected chi connectivity index (χ2v) is 5.53. The highest BCUT2D eigenvalue weighted by Crippen LogP contribution is 2.24. The molecule has 1 aromatic heterocycles. The van der Waals surface area contributed by atoms with Crippen molar-refractivity contribution in [3.63, 3.8) is 0 Å². The zero-order valence-corrected chi connectivity index (χ0v) is 10.4. The highest BCUT2D eigenvalue weighted by molar-refractivity contribution is 7.09. The Morgan fingerprint density at radius 3 is 3.00 bits per heavy atom. The van der Waals surface area contributed by atoms with Crippen LogP contribution in [0.5, 0.6) is 5.75 Å². The van der Waals surface area contributed by atoms with Crippen LogP contribution in [0.2, 0.25) is 0 Å². The molecule has 1 N–H and O–H groups in total. The minimum atomic E-state index is 0.385. The zero-order valence-electron chi connectivity index (χ0n) is 9.60. The average Bonchev–Trinajstić information content (AvgIpc) is 2.82. The maximum Gasteiger partial charge on any atom is 0.115 e. The Bertz CT molecular complexity index is 507. The fourth-order valence-electron chi connectivity index (χ4n) is 2.36. The Kier molecular flexibility index (Phi) is 2.87. The van der Waals surface area contributed by atoms with Crippen LogP contribution < -0.4 is 0 Å². The van der Waals surface area contributed by atoms with E-state index < -0.39 is 0 Å². The van der Waals surface area contributed by atoms with Crippen LogP contribution >= 0.6 is 11.3 Å². The predicted molar refractivity (Wildman–Crippen MR) is 70.2 cm³/mol. The first kappa shape index (κ1) is 10.8. The molecule has 3 rings (SSSR count). The summed E-state index contributed by atoms with van der Waals surface area (Å²) < 4.78 is 0. The summed E-state index contributed by atoms with van der Waals surface area (Å²) in [6.45, 7) is 3.11. The van der Waals surface area contributed by atoms with Crippen molar-refractivity contribution >= 4 is 11.3 Å². The number of nitrogens with zero attached hydrogens (tertiary/aromatic N) is 1. The third-order valence-corrected chi connectivity index (χ3v) is 4.10. The Morgan fingerprint density at radius 2 is 2.18 bits per heavy atom. The lowest BCUT2D eigenvalue weighted by atomic mass is 9.99. The third kappa shape index (κ3) is 2.35. The molecule has 0 spiro atoms.